The summed E-state index contributed by atoms with van der Waals surface area (Å²) in [5.74, 6) is 4.80. The number of carbonyl (C=O) groups is 2. The summed E-state index contributed by atoms with van der Waals surface area (Å²) in [5.41, 5.74) is 0.246. The first-order chi connectivity index (χ1) is 15.5. The number of rotatable bonds is 5. The smallest absolute Gasteiger partial charge is 0.302 e. The van der Waals surface area contributed by atoms with E-state index in [1.165, 1.54) is 32.6 Å². The molecular weight excluding hydrogens is 408 g/mol. The Morgan fingerprint density at radius 3 is 2.39 bits per heavy atom. The maximum atomic E-state index is 13.9. The molecule has 3 nitrogen and oxygen atoms in total. The van der Waals surface area contributed by atoms with Gasteiger partial charge in [0.15, 0.2) is 0 Å². The Kier molecular flexibility index (Phi) is 6.93. The monoisotopic (exact) mass is 456 g/mol. The van der Waals surface area contributed by atoms with Gasteiger partial charge in [0.2, 0.25) is 0 Å². The van der Waals surface area contributed by atoms with Crippen LogP contribution in [0.3, 0.4) is 0 Å². The van der Waals surface area contributed by atoms with E-state index in [2.05, 4.69) is 53.7 Å². The average Bonchev–Trinajstić information content (AvgIpc) is 3.07. The summed E-state index contributed by atoms with van der Waals surface area (Å²) in [6, 6.07) is 0. The lowest BCUT2D eigenvalue weighted by Gasteiger charge is -2.60. The predicted molar refractivity (Wildman–Crippen MR) is 133 cm³/mol. The van der Waals surface area contributed by atoms with Gasteiger partial charge in [-0.1, -0.05) is 53.7 Å². The van der Waals surface area contributed by atoms with Crippen molar-refractivity contribution in [3.8, 4) is 0 Å². The molecule has 3 heteroatoms. The largest absolute Gasteiger partial charge is 0.463 e. The van der Waals surface area contributed by atoms with Gasteiger partial charge in [0.25, 0.3) is 0 Å². The summed E-state index contributed by atoms with van der Waals surface area (Å²) in [5, 5.41) is 0. The SMILES string of the molecule is CC(=O)OC1CCC2(C)C3C(=O)CC4(C)C(CCC4[C@H](C)/C=C/[C@H](C)C(C)C)C3CC[C@H]2C1. The second-order valence-corrected chi connectivity index (χ2v) is 13.2. The van der Waals surface area contributed by atoms with E-state index in [9.17, 15) is 9.59 Å². The molecule has 0 bridgehead atoms. The molecule has 4 rings (SSSR count). The third-order valence-electron chi connectivity index (χ3n) is 11.1. The van der Waals surface area contributed by atoms with E-state index in [4.69, 9.17) is 4.74 Å². The minimum absolute atomic E-state index is 0.0535. The number of ketones is 1. The molecule has 0 aromatic rings. The van der Waals surface area contributed by atoms with Gasteiger partial charge in [0.05, 0.1) is 0 Å². The Bertz CT molecular complexity index is 783. The molecule has 7 unspecified atom stereocenters. The third-order valence-corrected chi connectivity index (χ3v) is 11.1. The van der Waals surface area contributed by atoms with Crippen LogP contribution in [-0.2, 0) is 14.3 Å². The van der Waals surface area contributed by atoms with E-state index < -0.39 is 0 Å². The van der Waals surface area contributed by atoms with Gasteiger partial charge < -0.3 is 4.74 Å². The number of Topliss-reactive ketones (excluding diaryl/α,β-unsaturated/α-hetero) is 1. The highest BCUT2D eigenvalue weighted by Crippen LogP contribution is 2.67. The van der Waals surface area contributed by atoms with Gasteiger partial charge in [-0.15, -0.1) is 0 Å². The van der Waals surface area contributed by atoms with Crippen LogP contribution in [-0.4, -0.2) is 17.9 Å². The summed E-state index contributed by atoms with van der Waals surface area (Å²) in [7, 11) is 0. The topological polar surface area (TPSA) is 43.4 Å². The highest BCUT2D eigenvalue weighted by molar-refractivity contribution is 5.84. The van der Waals surface area contributed by atoms with E-state index >= 15 is 0 Å². The van der Waals surface area contributed by atoms with E-state index in [1.807, 2.05) is 0 Å². The zero-order valence-electron chi connectivity index (χ0n) is 22.2. The van der Waals surface area contributed by atoms with Crippen LogP contribution in [0.2, 0.25) is 0 Å². The number of hydrogen-bond acceptors (Lipinski definition) is 3. The molecule has 0 heterocycles. The van der Waals surface area contributed by atoms with Crippen molar-refractivity contribution in [1.29, 1.82) is 0 Å². The molecule has 0 saturated heterocycles. The molecule has 33 heavy (non-hydrogen) atoms. The number of allylic oxidation sites excluding steroid dienone is 2. The highest BCUT2D eigenvalue weighted by Gasteiger charge is 2.63. The lowest BCUT2D eigenvalue weighted by Crippen LogP contribution is -2.58. The molecule has 4 saturated carbocycles. The van der Waals surface area contributed by atoms with Gasteiger partial charge in [-0.05, 0) is 97.2 Å². The molecule has 0 aromatic heterocycles. The first-order valence-corrected chi connectivity index (χ1v) is 13.9. The third kappa shape index (κ3) is 4.36. The van der Waals surface area contributed by atoms with Crippen molar-refractivity contribution in [2.45, 2.75) is 106 Å². The second kappa shape index (κ2) is 9.15. The molecule has 4 fully saturated rings. The second-order valence-electron chi connectivity index (χ2n) is 13.2. The lowest BCUT2D eigenvalue weighted by atomic mass is 9.44. The Labute approximate surface area is 202 Å². The van der Waals surface area contributed by atoms with Crippen molar-refractivity contribution >= 4 is 11.8 Å². The van der Waals surface area contributed by atoms with Crippen LogP contribution < -0.4 is 0 Å². The number of carbonyl (C=O) groups excluding carboxylic acids is 2. The van der Waals surface area contributed by atoms with Gasteiger partial charge in [-0.25, -0.2) is 0 Å². The Morgan fingerprint density at radius 2 is 1.73 bits per heavy atom. The molecule has 0 spiro atoms. The summed E-state index contributed by atoms with van der Waals surface area (Å²) >= 11 is 0. The van der Waals surface area contributed by atoms with E-state index in [1.54, 1.807) is 0 Å². The first kappa shape index (κ1) is 25.0. The molecule has 0 amide bonds. The van der Waals surface area contributed by atoms with Gasteiger partial charge in [0.1, 0.15) is 11.9 Å². The summed E-state index contributed by atoms with van der Waals surface area (Å²) < 4.78 is 5.60. The minimum atomic E-state index is -0.162. The lowest BCUT2D eigenvalue weighted by molar-refractivity contribution is -0.169. The molecule has 0 radical (unpaired) electrons. The van der Waals surface area contributed by atoms with Gasteiger partial charge in [0, 0.05) is 19.3 Å². The zero-order valence-corrected chi connectivity index (χ0v) is 22.2. The average molecular weight is 457 g/mol. The van der Waals surface area contributed by atoms with Crippen LogP contribution in [0.1, 0.15) is 99.8 Å². The molecule has 186 valence electrons. The Balaban J connectivity index is 1.52. The van der Waals surface area contributed by atoms with Crippen molar-refractivity contribution in [3.63, 3.8) is 0 Å². The standard InChI is InChI=1S/C30H48O3/c1-18(2)19(3)8-9-20(4)25-12-13-26-24-11-10-22-16-23(33-21(5)31)14-15-29(22,6)28(24)27(32)17-30(25,26)7/h8-9,18-20,22-26,28H,10-17H2,1-7H3/b9-8+/t19-,20+,22-,23?,24?,25?,26?,28?,29?,30?/m0/s1. The first-order valence-electron chi connectivity index (χ1n) is 13.9. The van der Waals surface area contributed by atoms with Gasteiger partial charge in [-0.2, -0.15) is 0 Å². The molecule has 0 N–H and O–H groups in total. The molecule has 10 atom stereocenters. The Morgan fingerprint density at radius 1 is 1.00 bits per heavy atom. The van der Waals surface area contributed by atoms with Crippen LogP contribution in [0, 0.1) is 58.2 Å². The zero-order chi connectivity index (χ0) is 24.1. The molecular formula is C30H48O3. The van der Waals surface area contributed by atoms with Crippen LogP contribution in [0.25, 0.3) is 0 Å². The van der Waals surface area contributed by atoms with Crippen molar-refractivity contribution in [1.82, 2.24) is 0 Å². The van der Waals surface area contributed by atoms with E-state index in [0.29, 0.717) is 47.2 Å². The quantitative estimate of drug-likeness (QED) is 0.323. The fourth-order valence-electron chi connectivity index (χ4n) is 8.98. The Hall–Kier alpha value is -1.12. The minimum Gasteiger partial charge on any atom is -0.463 e. The van der Waals surface area contributed by atoms with E-state index in [0.717, 1.165) is 25.7 Å². The van der Waals surface area contributed by atoms with Gasteiger partial charge in [-0.3, -0.25) is 9.59 Å². The van der Waals surface area contributed by atoms with Crippen LogP contribution >= 0.6 is 0 Å². The molecule has 0 aliphatic heterocycles. The van der Waals surface area contributed by atoms with Crippen LogP contribution in [0.15, 0.2) is 12.2 Å². The van der Waals surface area contributed by atoms with Crippen LogP contribution in [0.5, 0.6) is 0 Å². The number of esters is 1. The number of ether oxygens (including phenoxy) is 1. The van der Waals surface area contributed by atoms with Gasteiger partial charge >= 0.3 is 5.97 Å². The van der Waals surface area contributed by atoms with Crippen molar-refractivity contribution < 1.29 is 14.3 Å². The summed E-state index contributed by atoms with van der Waals surface area (Å²) in [6.45, 7) is 15.7. The van der Waals surface area contributed by atoms with Crippen molar-refractivity contribution in [3.05, 3.63) is 12.2 Å². The summed E-state index contributed by atoms with van der Waals surface area (Å²) in [4.78, 5) is 25.4. The molecule has 0 aromatic carbocycles. The predicted octanol–water partition coefficient (Wildman–Crippen LogP) is 7.24. The van der Waals surface area contributed by atoms with E-state index in [-0.39, 0.29) is 28.8 Å². The number of hydrogen-bond donors (Lipinski definition) is 0. The molecule has 4 aliphatic carbocycles. The number of fused-ring (bicyclic) bond motifs is 5. The highest BCUT2D eigenvalue weighted by atomic mass is 16.5. The summed E-state index contributed by atoms with van der Waals surface area (Å²) in [6.07, 6.45) is 13.6. The van der Waals surface area contributed by atoms with Crippen LogP contribution in [0.4, 0.5) is 0 Å². The fourth-order valence-corrected chi connectivity index (χ4v) is 8.98. The molecule has 4 aliphatic rings. The normalized spacial score (nSPS) is 44.8. The maximum Gasteiger partial charge on any atom is 0.302 e. The fraction of sp³-hybridized carbons (Fsp3) is 0.867. The van der Waals surface area contributed by atoms with Crippen molar-refractivity contribution in [2.24, 2.45) is 58.2 Å². The van der Waals surface area contributed by atoms with Crippen molar-refractivity contribution in [2.75, 3.05) is 0 Å². The maximum absolute atomic E-state index is 13.9.